The fourth-order valence-electron chi connectivity index (χ4n) is 1.84. The minimum atomic E-state index is 0.463. The standard InChI is InChI=1S/C13H22N2O/c1-11(7-9-16-3)13(14-2)10-12-6-4-5-8-15-12/h4-6,8,11,13-14H,7,9-10H2,1-3H3. The molecule has 3 heteroatoms. The van der Waals surface area contributed by atoms with Crippen molar-refractivity contribution >= 4 is 0 Å². The second-order valence-electron chi connectivity index (χ2n) is 4.18. The Kier molecular flexibility index (Phi) is 6.04. The lowest BCUT2D eigenvalue weighted by molar-refractivity contribution is 0.171. The van der Waals surface area contributed by atoms with Gasteiger partial charge in [0, 0.05) is 38.1 Å². The van der Waals surface area contributed by atoms with E-state index in [1.54, 1.807) is 7.11 Å². The number of methoxy groups -OCH3 is 1. The van der Waals surface area contributed by atoms with Gasteiger partial charge in [0.05, 0.1) is 0 Å². The molecule has 1 rings (SSSR count). The summed E-state index contributed by atoms with van der Waals surface area (Å²) in [5, 5.41) is 3.36. The van der Waals surface area contributed by atoms with Gasteiger partial charge in [-0.05, 0) is 31.5 Å². The second-order valence-corrected chi connectivity index (χ2v) is 4.18. The Morgan fingerprint density at radius 2 is 2.25 bits per heavy atom. The van der Waals surface area contributed by atoms with E-state index >= 15 is 0 Å². The van der Waals surface area contributed by atoms with Gasteiger partial charge in [0.1, 0.15) is 0 Å². The normalized spacial score (nSPS) is 14.7. The average Bonchev–Trinajstić information content (AvgIpc) is 2.34. The van der Waals surface area contributed by atoms with Crippen molar-refractivity contribution < 1.29 is 4.74 Å². The summed E-state index contributed by atoms with van der Waals surface area (Å²) in [5.74, 6) is 0.590. The van der Waals surface area contributed by atoms with Crippen molar-refractivity contribution in [1.82, 2.24) is 10.3 Å². The number of pyridine rings is 1. The van der Waals surface area contributed by atoms with Crippen LogP contribution < -0.4 is 5.32 Å². The predicted octanol–water partition coefficient (Wildman–Crippen LogP) is 1.88. The predicted molar refractivity (Wildman–Crippen MR) is 66.4 cm³/mol. The quantitative estimate of drug-likeness (QED) is 0.765. The van der Waals surface area contributed by atoms with Gasteiger partial charge in [-0.1, -0.05) is 13.0 Å². The second kappa shape index (κ2) is 7.36. The van der Waals surface area contributed by atoms with Crippen LogP contribution >= 0.6 is 0 Å². The molecule has 0 aliphatic heterocycles. The number of ether oxygens (including phenoxy) is 1. The monoisotopic (exact) mass is 222 g/mol. The molecule has 2 atom stereocenters. The van der Waals surface area contributed by atoms with Crippen molar-refractivity contribution in [3.05, 3.63) is 30.1 Å². The van der Waals surface area contributed by atoms with Gasteiger partial charge < -0.3 is 10.1 Å². The molecule has 0 spiro atoms. The number of likely N-dealkylation sites (N-methyl/N-ethyl adjacent to an activating group) is 1. The number of aromatic nitrogens is 1. The summed E-state index contributed by atoms with van der Waals surface area (Å²) in [5.41, 5.74) is 1.14. The van der Waals surface area contributed by atoms with E-state index in [1.807, 2.05) is 25.4 Å². The van der Waals surface area contributed by atoms with E-state index in [-0.39, 0.29) is 0 Å². The van der Waals surface area contributed by atoms with Crippen LogP contribution in [0.2, 0.25) is 0 Å². The van der Waals surface area contributed by atoms with Gasteiger partial charge in [-0.2, -0.15) is 0 Å². The van der Waals surface area contributed by atoms with Crippen molar-refractivity contribution in [2.45, 2.75) is 25.8 Å². The fraction of sp³-hybridized carbons (Fsp3) is 0.615. The third-order valence-corrected chi connectivity index (χ3v) is 2.99. The van der Waals surface area contributed by atoms with Gasteiger partial charge in [0.15, 0.2) is 0 Å². The lowest BCUT2D eigenvalue weighted by atomic mass is 9.94. The molecule has 1 N–H and O–H groups in total. The SMILES string of the molecule is CNC(Cc1ccccn1)C(C)CCOC. The Labute approximate surface area is 98.2 Å². The summed E-state index contributed by atoms with van der Waals surface area (Å²) < 4.78 is 5.11. The molecule has 1 heterocycles. The third-order valence-electron chi connectivity index (χ3n) is 2.99. The van der Waals surface area contributed by atoms with E-state index in [1.165, 1.54) is 0 Å². The van der Waals surface area contributed by atoms with Crippen molar-refractivity contribution in [2.24, 2.45) is 5.92 Å². The topological polar surface area (TPSA) is 34.2 Å². The first-order valence-electron chi connectivity index (χ1n) is 5.84. The summed E-state index contributed by atoms with van der Waals surface area (Å²) in [7, 11) is 3.76. The molecule has 3 nitrogen and oxygen atoms in total. The average molecular weight is 222 g/mol. The van der Waals surface area contributed by atoms with Gasteiger partial charge >= 0.3 is 0 Å². The fourth-order valence-corrected chi connectivity index (χ4v) is 1.84. The maximum atomic E-state index is 5.11. The summed E-state index contributed by atoms with van der Waals surface area (Å²) in [6.45, 7) is 3.07. The maximum Gasteiger partial charge on any atom is 0.0465 e. The lowest BCUT2D eigenvalue weighted by Crippen LogP contribution is -2.35. The number of hydrogen-bond donors (Lipinski definition) is 1. The zero-order valence-corrected chi connectivity index (χ0v) is 10.4. The Balaban J connectivity index is 2.48. The molecule has 1 aromatic rings. The molecule has 16 heavy (non-hydrogen) atoms. The van der Waals surface area contributed by atoms with Gasteiger partial charge in [0.25, 0.3) is 0 Å². The molecule has 0 aliphatic carbocycles. The lowest BCUT2D eigenvalue weighted by Gasteiger charge is -2.23. The van der Waals surface area contributed by atoms with Crippen LogP contribution in [0.1, 0.15) is 19.0 Å². The summed E-state index contributed by atoms with van der Waals surface area (Å²) in [6.07, 6.45) is 3.90. The molecule has 0 radical (unpaired) electrons. The Hall–Kier alpha value is -0.930. The smallest absolute Gasteiger partial charge is 0.0465 e. The van der Waals surface area contributed by atoms with Crippen LogP contribution in [0.3, 0.4) is 0 Å². The molecular formula is C13H22N2O. The van der Waals surface area contributed by atoms with Crippen LogP contribution in [0.25, 0.3) is 0 Å². The van der Waals surface area contributed by atoms with Gasteiger partial charge in [-0.15, -0.1) is 0 Å². The first-order valence-corrected chi connectivity index (χ1v) is 5.84. The molecule has 0 saturated heterocycles. The summed E-state index contributed by atoms with van der Waals surface area (Å²) in [4.78, 5) is 4.36. The maximum absolute atomic E-state index is 5.11. The molecular weight excluding hydrogens is 200 g/mol. The number of nitrogens with one attached hydrogen (secondary N) is 1. The Bertz CT molecular complexity index is 277. The molecule has 0 aromatic carbocycles. The van der Waals surface area contributed by atoms with E-state index in [4.69, 9.17) is 4.74 Å². The Morgan fingerprint density at radius 1 is 1.44 bits per heavy atom. The molecule has 0 aliphatic rings. The van der Waals surface area contributed by atoms with Crippen LogP contribution in [0, 0.1) is 5.92 Å². The number of rotatable bonds is 7. The van der Waals surface area contributed by atoms with Crippen LogP contribution in [0.15, 0.2) is 24.4 Å². The summed E-state index contributed by atoms with van der Waals surface area (Å²) >= 11 is 0. The first-order chi connectivity index (χ1) is 7.77. The van der Waals surface area contributed by atoms with E-state index < -0.39 is 0 Å². The van der Waals surface area contributed by atoms with E-state index in [2.05, 4.69) is 23.3 Å². The third kappa shape index (κ3) is 4.29. The van der Waals surface area contributed by atoms with Gasteiger partial charge in [-0.3, -0.25) is 4.98 Å². The number of nitrogens with zero attached hydrogens (tertiary/aromatic N) is 1. The van der Waals surface area contributed by atoms with Crippen molar-refractivity contribution in [3.8, 4) is 0 Å². The highest BCUT2D eigenvalue weighted by Gasteiger charge is 2.15. The first kappa shape index (κ1) is 13.1. The number of hydrogen-bond acceptors (Lipinski definition) is 3. The minimum absolute atomic E-state index is 0.463. The highest BCUT2D eigenvalue weighted by atomic mass is 16.5. The van der Waals surface area contributed by atoms with E-state index in [9.17, 15) is 0 Å². The molecule has 0 bridgehead atoms. The Morgan fingerprint density at radius 3 is 2.81 bits per heavy atom. The summed E-state index contributed by atoms with van der Waals surface area (Å²) in [6, 6.07) is 6.53. The highest BCUT2D eigenvalue weighted by Crippen LogP contribution is 2.12. The molecule has 0 amide bonds. The molecule has 2 unspecified atom stereocenters. The molecule has 1 aromatic heterocycles. The minimum Gasteiger partial charge on any atom is -0.385 e. The van der Waals surface area contributed by atoms with Gasteiger partial charge in [-0.25, -0.2) is 0 Å². The largest absolute Gasteiger partial charge is 0.385 e. The van der Waals surface area contributed by atoms with Crippen molar-refractivity contribution in [1.29, 1.82) is 0 Å². The van der Waals surface area contributed by atoms with E-state index in [0.717, 1.165) is 25.1 Å². The van der Waals surface area contributed by atoms with Crippen LogP contribution in [-0.4, -0.2) is 31.8 Å². The molecule has 90 valence electrons. The zero-order chi connectivity index (χ0) is 11.8. The van der Waals surface area contributed by atoms with Gasteiger partial charge in [0.2, 0.25) is 0 Å². The molecule has 0 fully saturated rings. The highest BCUT2D eigenvalue weighted by molar-refractivity contribution is 5.05. The van der Waals surface area contributed by atoms with Crippen LogP contribution in [-0.2, 0) is 11.2 Å². The van der Waals surface area contributed by atoms with Crippen LogP contribution in [0.4, 0.5) is 0 Å². The molecule has 0 saturated carbocycles. The van der Waals surface area contributed by atoms with Crippen molar-refractivity contribution in [3.63, 3.8) is 0 Å². The van der Waals surface area contributed by atoms with Crippen molar-refractivity contribution in [2.75, 3.05) is 20.8 Å². The van der Waals surface area contributed by atoms with E-state index in [0.29, 0.717) is 12.0 Å². The van der Waals surface area contributed by atoms with Crippen LogP contribution in [0.5, 0.6) is 0 Å². The zero-order valence-electron chi connectivity index (χ0n) is 10.4.